The van der Waals surface area contributed by atoms with Crippen molar-refractivity contribution in [3.63, 3.8) is 0 Å². The normalized spacial score (nSPS) is 9.50. The Balaban J connectivity index is 2.63. The predicted octanol–water partition coefficient (Wildman–Crippen LogP) is 2.08. The Morgan fingerprint density at radius 2 is 2.29 bits per heavy atom. The largest absolute Gasteiger partial charge is 0.493 e. The van der Waals surface area contributed by atoms with E-state index in [1.807, 2.05) is 6.07 Å². The van der Waals surface area contributed by atoms with Crippen LogP contribution in [0.3, 0.4) is 0 Å². The van der Waals surface area contributed by atoms with Gasteiger partial charge in [-0.2, -0.15) is 5.26 Å². The van der Waals surface area contributed by atoms with Crippen LogP contribution < -0.4 is 4.74 Å². The van der Waals surface area contributed by atoms with Crippen molar-refractivity contribution in [2.45, 2.75) is 6.42 Å². The second-order valence-corrected chi connectivity index (χ2v) is 3.53. The van der Waals surface area contributed by atoms with Gasteiger partial charge >= 0.3 is 0 Å². The lowest BCUT2D eigenvalue weighted by Crippen LogP contribution is -1.99. The van der Waals surface area contributed by atoms with E-state index in [0.29, 0.717) is 24.3 Å². The van der Waals surface area contributed by atoms with Gasteiger partial charge in [-0.1, -0.05) is 0 Å². The van der Waals surface area contributed by atoms with Gasteiger partial charge < -0.3 is 9.84 Å². The minimum Gasteiger partial charge on any atom is -0.493 e. The molecule has 0 fully saturated rings. The predicted molar refractivity (Wildman–Crippen MR) is 56.1 cm³/mol. The van der Waals surface area contributed by atoms with Gasteiger partial charge in [0.15, 0.2) is 0 Å². The van der Waals surface area contributed by atoms with Crippen molar-refractivity contribution in [3.05, 3.63) is 28.2 Å². The van der Waals surface area contributed by atoms with Crippen molar-refractivity contribution in [2.24, 2.45) is 0 Å². The molecule has 0 spiro atoms. The van der Waals surface area contributed by atoms with Crippen LogP contribution in [-0.2, 0) is 0 Å². The summed E-state index contributed by atoms with van der Waals surface area (Å²) in [6, 6.07) is 7.22. The van der Waals surface area contributed by atoms with Gasteiger partial charge in [-0.3, -0.25) is 0 Å². The molecule has 0 bridgehead atoms. The Labute approximate surface area is 91.1 Å². The van der Waals surface area contributed by atoms with Gasteiger partial charge in [0.05, 0.1) is 12.2 Å². The smallest absolute Gasteiger partial charge is 0.120 e. The summed E-state index contributed by atoms with van der Waals surface area (Å²) in [6.45, 7) is 0.603. The third-order valence-electron chi connectivity index (χ3n) is 1.63. The molecule has 0 aromatic heterocycles. The van der Waals surface area contributed by atoms with Crippen LogP contribution in [0.5, 0.6) is 5.75 Å². The first-order chi connectivity index (χ1) is 6.77. The molecule has 0 radical (unpaired) electrons. The molecule has 0 unspecified atom stereocenters. The van der Waals surface area contributed by atoms with Crippen LogP contribution in [0.4, 0.5) is 0 Å². The van der Waals surface area contributed by atoms with Crippen LogP contribution in [0.2, 0.25) is 0 Å². The maximum Gasteiger partial charge on any atom is 0.120 e. The fourth-order valence-corrected chi connectivity index (χ4v) is 1.38. The summed E-state index contributed by atoms with van der Waals surface area (Å²) in [5, 5.41) is 17.2. The lowest BCUT2D eigenvalue weighted by atomic mass is 10.2. The molecule has 1 aromatic carbocycles. The molecule has 0 aliphatic heterocycles. The Hall–Kier alpha value is -1.05. The zero-order valence-corrected chi connectivity index (χ0v) is 9.12. The van der Waals surface area contributed by atoms with Gasteiger partial charge in [0.1, 0.15) is 11.8 Å². The Morgan fingerprint density at radius 3 is 2.86 bits per heavy atom. The number of hydrogen-bond donors (Lipinski definition) is 1. The van der Waals surface area contributed by atoms with Crippen LogP contribution in [0.15, 0.2) is 22.7 Å². The minimum atomic E-state index is 0.122. The number of nitriles is 1. The van der Waals surface area contributed by atoms with Crippen molar-refractivity contribution >= 4 is 15.9 Å². The van der Waals surface area contributed by atoms with Gasteiger partial charge in [0.2, 0.25) is 0 Å². The fourth-order valence-electron chi connectivity index (χ4n) is 0.931. The van der Waals surface area contributed by atoms with Gasteiger partial charge in [-0.25, -0.2) is 0 Å². The van der Waals surface area contributed by atoms with Crippen molar-refractivity contribution in [2.75, 3.05) is 13.2 Å². The van der Waals surface area contributed by atoms with E-state index in [9.17, 15) is 0 Å². The van der Waals surface area contributed by atoms with Gasteiger partial charge in [0.25, 0.3) is 0 Å². The SMILES string of the molecule is N#Cc1ccc(OCCCO)cc1Br. The Morgan fingerprint density at radius 1 is 1.50 bits per heavy atom. The molecular formula is C10H10BrNO2. The van der Waals surface area contributed by atoms with Crippen LogP contribution in [0.1, 0.15) is 12.0 Å². The quantitative estimate of drug-likeness (QED) is 0.839. The molecule has 0 atom stereocenters. The molecule has 1 N–H and O–H groups in total. The highest BCUT2D eigenvalue weighted by Crippen LogP contribution is 2.22. The highest BCUT2D eigenvalue weighted by molar-refractivity contribution is 9.10. The summed E-state index contributed by atoms with van der Waals surface area (Å²) >= 11 is 3.26. The van der Waals surface area contributed by atoms with E-state index in [1.165, 1.54) is 0 Å². The molecule has 0 saturated carbocycles. The Bertz CT molecular complexity index is 346. The summed E-state index contributed by atoms with van der Waals surface area (Å²) in [5.41, 5.74) is 0.583. The summed E-state index contributed by atoms with van der Waals surface area (Å²) < 4.78 is 6.05. The second kappa shape index (κ2) is 5.63. The number of halogens is 1. The molecule has 14 heavy (non-hydrogen) atoms. The zero-order valence-electron chi connectivity index (χ0n) is 7.53. The van der Waals surface area contributed by atoms with E-state index >= 15 is 0 Å². The monoisotopic (exact) mass is 255 g/mol. The molecule has 1 aromatic rings. The number of rotatable bonds is 4. The first kappa shape index (κ1) is 11.0. The highest BCUT2D eigenvalue weighted by atomic mass is 79.9. The van der Waals surface area contributed by atoms with E-state index in [2.05, 4.69) is 15.9 Å². The maximum absolute atomic E-state index is 8.67. The standard InChI is InChI=1S/C10H10BrNO2/c11-10-6-9(14-5-1-4-13)3-2-8(10)7-12/h2-3,6,13H,1,4-5H2. The maximum atomic E-state index is 8.67. The number of aliphatic hydroxyl groups excluding tert-OH is 1. The molecular weight excluding hydrogens is 246 g/mol. The second-order valence-electron chi connectivity index (χ2n) is 2.68. The molecule has 0 aliphatic rings. The molecule has 0 aliphatic carbocycles. The average Bonchev–Trinajstić information content (AvgIpc) is 2.18. The van der Waals surface area contributed by atoms with Crippen LogP contribution in [0.25, 0.3) is 0 Å². The molecule has 4 heteroatoms. The Kier molecular flexibility index (Phi) is 4.44. The van der Waals surface area contributed by atoms with E-state index in [-0.39, 0.29) is 6.61 Å². The number of hydrogen-bond acceptors (Lipinski definition) is 3. The minimum absolute atomic E-state index is 0.122. The summed E-state index contributed by atoms with van der Waals surface area (Å²) in [5.74, 6) is 0.698. The number of ether oxygens (including phenoxy) is 1. The average molecular weight is 256 g/mol. The van der Waals surface area contributed by atoms with Gasteiger partial charge in [-0.05, 0) is 34.1 Å². The number of nitrogens with zero attached hydrogens (tertiary/aromatic N) is 1. The lowest BCUT2D eigenvalue weighted by Gasteiger charge is -2.05. The molecule has 3 nitrogen and oxygen atoms in total. The topological polar surface area (TPSA) is 53.2 Å². The first-order valence-electron chi connectivity index (χ1n) is 4.21. The van der Waals surface area contributed by atoms with Crippen LogP contribution in [0, 0.1) is 11.3 Å². The van der Waals surface area contributed by atoms with Crippen molar-refractivity contribution < 1.29 is 9.84 Å². The summed E-state index contributed by atoms with van der Waals surface area (Å²) in [7, 11) is 0. The van der Waals surface area contributed by atoms with E-state index in [4.69, 9.17) is 15.1 Å². The van der Waals surface area contributed by atoms with Gasteiger partial charge in [-0.15, -0.1) is 0 Å². The summed E-state index contributed by atoms with van der Waals surface area (Å²) in [4.78, 5) is 0. The number of aliphatic hydroxyl groups is 1. The van der Waals surface area contributed by atoms with Gasteiger partial charge in [0, 0.05) is 17.5 Å². The third kappa shape index (κ3) is 3.02. The molecule has 0 saturated heterocycles. The lowest BCUT2D eigenvalue weighted by molar-refractivity contribution is 0.233. The highest BCUT2D eigenvalue weighted by Gasteiger charge is 2.00. The van der Waals surface area contributed by atoms with E-state index < -0.39 is 0 Å². The molecule has 0 amide bonds. The summed E-state index contributed by atoms with van der Waals surface area (Å²) in [6.07, 6.45) is 0.609. The van der Waals surface area contributed by atoms with Crippen molar-refractivity contribution in [1.82, 2.24) is 0 Å². The third-order valence-corrected chi connectivity index (χ3v) is 2.29. The van der Waals surface area contributed by atoms with Crippen LogP contribution >= 0.6 is 15.9 Å². The molecule has 1 rings (SSSR count). The van der Waals surface area contributed by atoms with Crippen molar-refractivity contribution in [3.8, 4) is 11.8 Å². The molecule has 74 valence electrons. The van der Waals surface area contributed by atoms with E-state index in [1.54, 1.807) is 18.2 Å². The fraction of sp³-hybridized carbons (Fsp3) is 0.300. The van der Waals surface area contributed by atoms with Crippen LogP contribution in [-0.4, -0.2) is 18.3 Å². The van der Waals surface area contributed by atoms with E-state index in [0.717, 1.165) is 4.47 Å². The van der Waals surface area contributed by atoms with Crippen molar-refractivity contribution in [1.29, 1.82) is 5.26 Å². The number of benzene rings is 1. The molecule has 0 heterocycles. The zero-order chi connectivity index (χ0) is 10.4. The first-order valence-corrected chi connectivity index (χ1v) is 5.00.